The van der Waals surface area contributed by atoms with Crippen molar-refractivity contribution < 1.29 is 0 Å². The minimum Gasteiger partial charge on any atom is -0.322 e. The Morgan fingerprint density at radius 2 is 1.89 bits per heavy atom. The molecular weight excluding hydrogens is 116 g/mol. The summed E-state index contributed by atoms with van der Waals surface area (Å²) in [6, 6.07) is 0. The number of nitrogens with two attached hydrogens (primary N) is 2. The van der Waals surface area contributed by atoms with Crippen LogP contribution in [0.5, 0.6) is 0 Å². The van der Waals surface area contributed by atoms with Crippen LogP contribution in [0.2, 0.25) is 0 Å². The summed E-state index contributed by atoms with van der Waals surface area (Å²) < 4.78 is 0. The molecule has 4 nitrogen and oxygen atoms in total. The predicted octanol–water partition coefficient (Wildman–Crippen LogP) is -0.137. The largest absolute Gasteiger partial charge is 0.322 e. The summed E-state index contributed by atoms with van der Waals surface area (Å²) in [6.07, 6.45) is 1.39. The zero-order chi connectivity index (χ0) is 7.49. The molecule has 0 aromatic heterocycles. The Labute approximate surface area is 55.5 Å². The van der Waals surface area contributed by atoms with Crippen LogP contribution in [0.25, 0.3) is 0 Å². The second kappa shape index (κ2) is 2.68. The van der Waals surface area contributed by atoms with Gasteiger partial charge in [-0.2, -0.15) is 5.10 Å². The van der Waals surface area contributed by atoms with Gasteiger partial charge in [0.05, 0.1) is 0 Å². The van der Waals surface area contributed by atoms with Crippen molar-refractivity contribution in [3.8, 4) is 0 Å². The maximum Gasteiger partial charge on any atom is 0.125 e. The van der Waals surface area contributed by atoms with E-state index in [2.05, 4.69) is 5.10 Å². The Morgan fingerprint density at radius 3 is 2.00 bits per heavy atom. The monoisotopic (exact) mass is 130 g/mol. The number of hydrogen-bond donors (Lipinski definition) is 2. The topological polar surface area (TPSA) is 67.6 Å². The van der Waals surface area contributed by atoms with Gasteiger partial charge in [0.2, 0.25) is 0 Å². The lowest BCUT2D eigenvalue weighted by atomic mass is 10.1. The molecule has 0 unspecified atom stereocenters. The third-order valence-corrected chi connectivity index (χ3v) is 0.966. The lowest BCUT2D eigenvalue weighted by Crippen LogP contribution is -2.45. The summed E-state index contributed by atoms with van der Waals surface area (Å²) in [5, 5.41) is 4.73. The molecule has 0 aliphatic heterocycles. The van der Waals surface area contributed by atoms with E-state index in [1.807, 2.05) is 20.8 Å². The average molecular weight is 130 g/mol. The fraction of sp³-hybridized carbons (Fsp3) is 0.800. The molecule has 4 N–H and O–H groups in total. The van der Waals surface area contributed by atoms with Crippen LogP contribution in [0.4, 0.5) is 0 Å². The Bertz CT molecular complexity index is 102. The van der Waals surface area contributed by atoms with Crippen LogP contribution >= 0.6 is 0 Å². The Kier molecular flexibility index (Phi) is 2.45. The van der Waals surface area contributed by atoms with E-state index in [4.69, 9.17) is 11.7 Å². The first-order valence-electron chi connectivity index (χ1n) is 2.76. The van der Waals surface area contributed by atoms with Crippen LogP contribution in [-0.4, -0.2) is 16.9 Å². The Hall–Kier alpha value is -0.770. The lowest BCUT2D eigenvalue weighted by molar-refractivity contribution is 0.250. The number of hydrazine groups is 1. The normalized spacial score (nSPS) is 12.4. The van der Waals surface area contributed by atoms with E-state index >= 15 is 0 Å². The molecule has 0 aromatic carbocycles. The molecule has 0 amide bonds. The second-order valence-electron chi connectivity index (χ2n) is 2.84. The second-order valence-corrected chi connectivity index (χ2v) is 2.84. The van der Waals surface area contributed by atoms with Gasteiger partial charge in [0.15, 0.2) is 0 Å². The first-order chi connectivity index (χ1) is 3.98. The SMILES string of the molecule is CC(C)(C)N(N)/C=N\N. The van der Waals surface area contributed by atoms with Crippen molar-refractivity contribution in [2.24, 2.45) is 16.8 Å². The molecule has 0 rings (SSSR count). The highest BCUT2D eigenvalue weighted by molar-refractivity contribution is 5.54. The summed E-state index contributed by atoms with van der Waals surface area (Å²) in [5.41, 5.74) is -0.108. The smallest absolute Gasteiger partial charge is 0.125 e. The van der Waals surface area contributed by atoms with E-state index in [-0.39, 0.29) is 5.54 Å². The zero-order valence-corrected chi connectivity index (χ0v) is 6.13. The molecule has 0 radical (unpaired) electrons. The van der Waals surface area contributed by atoms with E-state index < -0.39 is 0 Å². The molecule has 0 atom stereocenters. The van der Waals surface area contributed by atoms with Gasteiger partial charge in [-0.05, 0) is 20.8 Å². The number of rotatable bonds is 1. The molecule has 0 fully saturated rings. The van der Waals surface area contributed by atoms with Gasteiger partial charge in [0.1, 0.15) is 6.34 Å². The van der Waals surface area contributed by atoms with E-state index in [0.29, 0.717) is 0 Å². The predicted molar refractivity (Wildman–Crippen MR) is 38.5 cm³/mol. The van der Waals surface area contributed by atoms with Crippen LogP contribution in [-0.2, 0) is 0 Å². The molecule has 0 aliphatic rings. The van der Waals surface area contributed by atoms with E-state index in [0.717, 1.165) is 0 Å². The van der Waals surface area contributed by atoms with Crippen LogP contribution in [0.3, 0.4) is 0 Å². The summed E-state index contributed by atoms with van der Waals surface area (Å²) in [6.45, 7) is 5.90. The van der Waals surface area contributed by atoms with Gasteiger partial charge in [0, 0.05) is 5.54 Å². The van der Waals surface area contributed by atoms with Crippen molar-refractivity contribution in [1.82, 2.24) is 5.01 Å². The molecule has 54 valence electrons. The average Bonchev–Trinajstić information content (AvgIpc) is 1.64. The summed E-state index contributed by atoms with van der Waals surface area (Å²) in [4.78, 5) is 0. The molecule has 0 heterocycles. The zero-order valence-electron chi connectivity index (χ0n) is 6.13. The molecule has 4 heteroatoms. The maximum absolute atomic E-state index is 5.47. The maximum atomic E-state index is 5.47. The van der Waals surface area contributed by atoms with Crippen LogP contribution < -0.4 is 11.7 Å². The number of hydrazone groups is 1. The van der Waals surface area contributed by atoms with Crippen LogP contribution in [0.15, 0.2) is 5.10 Å². The minimum atomic E-state index is -0.108. The molecule has 9 heavy (non-hydrogen) atoms. The molecule has 0 aromatic rings. The van der Waals surface area contributed by atoms with Crippen molar-refractivity contribution in [2.45, 2.75) is 26.3 Å². The lowest BCUT2D eigenvalue weighted by Gasteiger charge is -2.28. The van der Waals surface area contributed by atoms with E-state index in [1.54, 1.807) is 0 Å². The fourth-order valence-corrected chi connectivity index (χ4v) is 0.245. The summed E-state index contributed by atoms with van der Waals surface area (Å²) in [7, 11) is 0. The standard InChI is InChI=1S/C5H14N4/c1-5(2,3)9(7)4-8-6/h4H,6-7H2,1-3H3/b8-4-. The fourth-order valence-electron chi connectivity index (χ4n) is 0.245. The van der Waals surface area contributed by atoms with Crippen molar-refractivity contribution in [3.63, 3.8) is 0 Å². The highest BCUT2D eigenvalue weighted by Crippen LogP contribution is 2.04. The van der Waals surface area contributed by atoms with E-state index in [1.165, 1.54) is 11.3 Å². The number of nitrogens with zero attached hydrogens (tertiary/aromatic N) is 2. The molecule has 0 bridgehead atoms. The van der Waals surface area contributed by atoms with Gasteiger partial charge in [-0.15, -0.1) is 0 Å². The molecule has 0 saturated carbocycles. The molecular formula is C5H14N4. The van der Waals surface area contributed by atoms with Gasteiger partial charge in [-0.3, -0.25) is 5.01 Å². The first-order valence-corrected chi connectivity index (χ1v) is 2.76. The Morgan fingerprint density at radius 1 is 1.44 bits per heavy atom. The van der Waals surface area contributed by atoms with Gasteiger partial charge < -0.3 is 5.84 Å². The van der Waals surface area contributed by atoms with Crippen molar-refractivity contribution in [3.05, 3.63) is 0 Å². The quantitative estimate of drug-likeness (QED) is 0.225. The van der Waals surface area contributed by atoms with Gasteiger partial charge in [0.25, 0.3) is 0 Å². The van der Waals surface area contributed by atoms with Crippen molar-refractivity contribution in [2.75, 3.05) is 0 Å². The van der Waals surface area contributed by atoms with Crippen molar-refractivity contribution in [1.29, 1.82) is 0 Å². The van der Waals surface area contributed by atoms with Crippen LogP contribution in [0, 0.1) is 0 Å². The highest BCUT2D eigenvalue weighted by Gasteiger charge is 2.13. The van der Waals surface area contributed by atoms with Gasteiger partial charge in [-0.25, -0.2) is 5.84 Å². The van der Waals surface area contributed by atoms with Crippen molar-refractivity contribution >= 4 is 6.34 Å². The summed E-state index contributed by atoms with van der Waals surface area (Å²) >= 11 is 0. The van der Waals surface area contributed by atoms with Crippen LogP contribution in [0.1, 0.15) is 20.8 Å². The Balaban J connectivity index is 3.88. The summed E-state index contributed by atoms with van der Waals surface area (Å²) in [5.74, 6) is 10.3. The third kappa shape index (κ3) is 2.92. The minimum absolute atomic E-state index is 0.108. The third-order valence-electron chi connectivity index (χ3n) is 0.966. The van der Waals surface area contributed by atoms with Gasteiger partial charge >= 0.3 is 0 Å². The van der Waals surface area contributed by atoms with E-state index in [9.17, 15) is 0 Å². The molecule has 0 spiro atoms. The molecule has 0 saturated heterocycles. The number of hydrogen-bond acceptors (Lipinski definition) is 3. The highest BCUT2D eigenvalue weighted by atomic mass is 15.5. The van der Waals surface area contributed by atoms with Gasteiger partial charge in [-0.1, -0.05) is 0 Å². The molecule has 0 aliphatic carbocycles. The first kappa shape index (κ1) is 8.23.